The highest BCUT2D eigenvalue weighted by Gasteiger charge is 2.10. The monoisotopic (exact) mass is 294 g/mol. The molecule has 0 spiro atoms. The number of aromatic nitrogens is 3. The second kappa shape index (κ2) is 6.09. The number of benzene rings is 1. The van der Waals surface area contributed by atoms with Gasteiger partial charge in [-0.1, -0.05) is 30.3 Å². The van der Waals surface area contributed by atoms with E-state index in [1.807, 2.05) is 42.5 Å². The van der Waals surface area contributed by atoms with Crippen LogP contribution in [0.4, 0.5) is 5.69 Å². The Balaban J connectivity index is 1.84. The van der Waals surface area contributed by atoms with Gasteiger partial charge < -0.3 is 10.4 Å². The topological polar surface area (TPSA) is 80.0 Å². The van der Waals surface area contributed by atoms with Crippen LogP contribution in [0.5, 0.6) is 0 Å². The van der Waals surface area contributed by atoms with Gasteiger partial charge in [0, 0.05) is 18.9 Å². The van der Waals surface area contributed by atoms with E-state index in [4.69, 9.17) is 5.11 Å². The minimum absolute atomic E-state index is 0.125. The third-order valence-corrected chi connectivity index (χ3v) is 3.16. The van der Waals surface area contributed by atoms with Crippen LogP contribution in [0.1, 0.15) is 15.9 Å². The van der Waals surface area contributed by atoms with Crippen molar-refractivity contribution in [3.63, 3.8) is 0 Å². The molecule has 3 rings (SSSR count). The van der Waals surface area contributed by atoms with E-state index in [0.29, 0.717) is 12.4 Å². The Kier molecular flexibility index (Phi) is 3.82. The molecule has 0 radical (unpaired) electrons. The number of carbonyl (C=O) groups is 1. The third kappa shape index (κ3) is 2.95. The molecule has 0 amide bonds. The molecule has 2 N–H and O–H groups in total. The first-order valence-corrected chi connectivity index (χ1v) is 6.75. The molecule has 2 heterocycles. The van der Waals surface area contributed by atoms with Crippen LogP contribution in [0.25, 0.3) is 5.82 Å². The van der Waals surface area contributed by atoms with Crippen molar-refractivity contribution in [1.82, 2.24) is 14.8 Å². The fourth-order valence-corrected chi connectivity index (χ4v) is 2.06. The van der Waals surface area contributed by atoms with Crippen molar-refractivity contribution in [2.24, 2.45) is 0 Å². The summed E-state index contributed by atoms with van der Waals surface area (Å²) in [5.41, 5.74) is 2.05. The molecule has 0 atom stereocenters. The van der Waals surface area contributed by atoms with Gasteiger partial charge in [-0.15, -0.1) is 0 Å². The zero-order chi connectivity index (χ0) is 15.4. The molecule has 0 aliphatic rings. The predicted molar refractivity (Wildman–Crippen MR) is 82.1 cm³/mol. The van der Waals surface area contributed by atoms with Crippen molar-refractivity contribution < 1.29 is 9.90 Å². The molecule has 6 nitrogen and oxygen atoms in total. The summed E-state index contributed by atoms with van der Waals surface area (Å²) < 4.78 is 1.46. The van der Waals surface area contributed by atoms with Gasteiger partial charge in [0.05, 0.1) is 17.4 Å². The van der Waals surface area contributed by atoms with Gasteiger partial charge in [-0.05, 0) is 17.7 Å². The fraction of sp³-hybridized carbons (Fsp3) is 0.0625. The van der Waals surface area contributed by atoms with Crippen LogP contribution in [-0.2, 0) is 6.54 Å². The Morgan fingerprint density at radius 3 is 2.73 bits per heavy atom. The van der Waals surface area contributed by atoms with E-state index in [9.17, 15) is 4.79 Å². The fourth-order valence-electron chi connectivity index (χ4n) is 2.06. The largest absolute Gasteiger partial charge is 0.478 e. The maximum atomic E-state index is 11.0. The normalized spacial score (nSPS) is 10.4. The van der Waals surface area contributed by atoms with Crippen LogP contribution in [0, 0.1) is 0 Å². The first-order valence-electron chi connectivity index (χ1n) is 6.75. The second-order valence-electron chi connectivity index (χ2n) is 4.69. The van der Waals surface area contributed by atoms with Gasteiger partial charge in [0.2, 0.25) is 0 Å². The van der Waals surface area contributed by atoms with Crippen LogP contribution < -0.4 is 5.32 Å². The molecule has 0 aliphatic carbocycles. The molecule has 6 heteroatoms. The van der Waals surface area contributed by atoms with Crippen LogP contribution in [0.2, 0.25) is 0 Å². The van der Waals surface area contributed by atoms with Gasteiger partial charge in [0.25, 0.3) is 0 Å². The SMILES string of the molecule is O=C(O)c1cnn(-c2ncccc2NCc2ccccc2)c1. The summed E-state index contributed by atoms with van der Waals surface area (Å²) in [5, 5.41) is 16.3. The third-order valence-electron chi connectivity index (χ3n) is 3.16. The van der Waals surface area contributed by atoms with Gasteiger partial charge in [-0.2, -0.15) is 5.10 Å². The van der Waals surface area contributed by atoms with Crippen LogP contribution in [-0.4, -0.2) is 25.8 Å². The number of hydrogen-bond acceptors (Lipinski definition) is 4. The van der Waals surface area contributed by atoms with Gasteiger partial charge in [0.15, 0.2) is 5.82 Å². The molecule has 0 unspecified atom stereocenters. The van der Waals surface area contributed by atoms with Gasteiger partial charge in [-0.3, -0.25) is 0 Å². The molecular weight excluding hydrogens is 280 g/mol. The molecule has 22 heavy (non-hydrogen) atoms. The summed E-state index contributed by atoms with van der Waals surface area (Å²) >= 11 is 0. The first kappa shape index (κ1) is 13.8. The average molecular weight is 294 g/mol. The van der Waals surface area contributed by atoms with Crippen molar-refractivity contribution in [3.8, 4) is 5.82 Å². The second-order valence-corrected chi connectivity index (χ2v) is 4.69. The van der Waals surface area contributed by atoms with Crippen molar-refractivity contribution in [3.05, 3.63) is 72.2 Å². The first-order chi connectivity index (χ1) is 10.7. The summed E-state index contributed by atoms with van der Waals surface area (Å²) in [6, 6.07) is 13.7. The standard InChI is InChI=1S/C16H14N4O2/c21-16(22)13-10-19-20(11-13)15-14(7-4-8-17-15)18-9-12-5-2-1-3-6-12/h1-8,10-11,18H,9H2,(H,21,22). The highest BCUT2D eigenvalue weighted by Crippen LogP contribution is 2.18. The summed E-state index contributed by atoms with van der Waals surface area (Å²) in [5.74, 6) is -0.452. The number of hydrogen-bond donors (Lipinski definition) is 2. The van der Waals surface area contributed by atoms with Crippen LogP contribution >= 0.6 is 0 Å². The van der Waals surface area contributed by atoms with Crippen LogP contribution in [0.3, 0.4) is 0 Å². The lowest BCUT2D eigenvalue weighted by Crippen LogP contribution is -2.06. The molecule has 0 aliphatic heterocycles. The number of pyridine rings is 1. The van der Waals surface area contributed by atoms with E-state index >= 15 is 0 Å². The Hall–Kier alpha value is -3.15. The number of carboxylic acid groups (broad SMARTS) is 1. The van der Waals surface area contributed by atoms with E-state index in [1.54, 1.807) is 6.20 Å². The average Bonchev–Trinajstić information content (AvgIpc) is 3.04. The Morgan fingerprint density at radius 2 is 2.00 bits per heavy atom. The summed E-state index contributed by atoms with van der Waals surface area (Å²) in [6.45, 7) is 0.645. The van der Waals surface area contributed by atoms with Crippen molar-refractivity contribution in [2.45, 2.75) is 6.54 Å². The van der Waals surface area contributed by atoms with Crippen molar-refractivity contribution >= 4 is 11.7 Å². The van der Waals surface area contributed by atoms with Gasteiger partial charge in [-0.25, -0.2) is 14.5 Å². The maximum absolute atomic E-state index is 11.0. The highest BCUT2D eigenvalue weighted by molar-refractivity contribution is 5.87. The Bertz CT molecular complexity index is 784. The van der Waals surface area contributed by atoms with Gasteiger partial charge in [0.1, 0.15) is 0 Å². The number of anilines is 1. The lowest BCUT2D eigenvalue weighted by molar-refractivity contribution is 0.0697. The number of carboxylic acids is 1. The molecular formula is C16H14N4O2. The maximum Gasteiger partial charge on any atom is 0.338 e. The summed E-state index contributed by atoms with van der Waals surface area (Å²) in [7, 11) is 0. The molecule has 1 aromatic carbocycles. The lowest BCUT2D eigenvalue weighted by atomic mass is 10.2. The smallest absolute Gasteiger partial charge is 0.338 e. The van der Waals surface area contributed by atoms with Crippen molar-refractivity contribution in [2.75, 3.05) is 5.32 Å². The molecule has 2 aromatic heterocycles. The molecule has 110 valence electrons. The van der Waals surface area contributed by atoms with E-state index in [1.165, 1.54) is 17.1 Å². The van der Waals surface area contributed by atoms with E-state index in [-0.39, 0.29) is 5.56 Å². The zero-order valence-corrected chi connectivity index (χ0v) is 11.7. The van der Waals surface area contributed by atoms with E-state index in [2.05, 4.69) is 15.4 Å². The Morgan fingerprint density at radius 1 is 1.18 bits per heavy atom. The molecule has 0 fully saturated rings. The van der Waals surface area contributed by atoms with Crippen LogP contribution in [0.15, 0.2) is 61.1 Å². The predicted octanol–water partition coefficient (Wildman–Crippen LogP) is 2.58. The summed E-state index contributed by atoms with van der Waals surface area (Å²) in [4.78, 5) is 15.2. The van der Waals surface area contributed by atoms with Crippen molar-refractivity contribution in [1.29, 1.82) is 0 Å². The molecule has 0 saturated carbocycles. The number of nitrogens with one attached hydrogen (secondary N) is 1. The lowest BCUT2D eigenvalue weighted by Gasteiger charge is -2.10. The zero-order valence-electron chi connectivity index (χ0n) is 11.7. The van der Waals surface area contributed by atoms with Gasteiger partial charge >= 0.3 is 5.97 Å². The number of aromatic carboxylic acids is 1. The molecule has 0 bridgehead atoms. The quantitative estimate of drug-likeness (QED) is 0.756. The number of rotatable bonds is 5. The summed E-state index contributed by atoms with van der Waals surface area (Å²) in [6.07, 6.45) is 4.39. The Labute approximate surface area is 127 Å². The molecule has 0 saturated heterocycles. The number of nitrogens with zero attached hydrogens (tertiary/aromatic N) is 3. The minimum Gasteiger partial charge on any atom is -0.478 e. The van der Waals surface area contributed by atoms with E-state index in [0.717, 1.165) is 11.3 Å². The molecule has 3 aromatic rings. The highest BCUT2D eigenvalue weighted by atomic mass is 16.4. The van der Waals surface area contributed by atoms with E-state index < -0.39 is 5.97 Å². The minimum atomic E-state index is -1.01.